The summed E-state index contributed by atoms with van der Waals surface area (Å²) in [5.41, 5.74) is 3.98. The summed E-state index contributed by atoms with van der Waals surface area (Å²) in [7, 11) is 0. The molecule has 0 saturated carbocycles. The molecule has 0 bridgehead atoms. The largest absolute Gasteiger partial charge is 0.476 e. The Hall–Kier alpha value is -2.65. The molecule has 0 atom stereocenters. The first-order valence-electron chi connectivity index (χ1n) is 11.5. The molecule has 3 rings (SSSR count). The van der Waals surface area contributed by atoms with Crippen molar-refractivity contribution in [2.45, 2.75) is 40.5 Å². The van der Waals surface area contributed by atoms with E-state index in [4.69, 9.17) is 18.9 Å². The monoisotopic (exact) mass is 444 g/mol. The lowest BCUT2D eigenvalue weighted by molar-refractivity contribution is 0.0320. The number of anilines is 2. The summed E-state index contributed by atoms with van der Waals surface area (Å²) in [4.78, 5) is 13.9. The standard InChI is InChI=1S/C23H36N6O3/c1-5-7-29(8-6-2)21-16-22(31-14-11-28-9-12-30-13-10-28)26-20(25-21)17-24-27-23-15-18(3)19(4)32-23/h15-17,27H,5-14H2,1-4H3/b24-17+. The fraction of sp³-hybridized carbons (Fsp3) is 0.609. The molecule has 0 aliphatic carbocycles. The van der Waals surface area contributed by atoms with Gasteiger partial charge in [0, 0.05) is 44.9 Å². The van der Waals surface area contributed by atoms with Crippen LogP contribution < -0.4 is 15.1 Å². The maximum atomic E-state index is 6.02. The fourth-order valence-electron chi connectivity index (χ4n) is 3.49. The number of aromatic nitrogens is 2. The van der Waals surface area contributed by atoms with Crippen LogP contribution in [0.25, 0.3) is 0 Å². The molecule has 0 radical (unpaired) electrons. The SMILES string of the molecule is CCCN(CCC)c1cc(OCCN2CCOCC2)nc(/C=N/Nc2cc(C)c(C)o2)n1. The van der Waals surface area contributed by atoms with Gasteiger partial charge in [-0.3, -0.25) is 4.90 Å². The Morgan fingerprint density at radius 3 is 2.56 bits per heavy atom. The van der Waals surface area contributed by atoms with E-state index in [1.54, 1.807) is 6.21 Å². The molecule has 0 spiro atoms. The maximum absolute atomic E-state index is 6.02. The first-order chi connectivity index (χ1) is 15.6. The van der Waals surface area contributed by atoms with Crippen LogP contribution in [0.5, 0.6) is 5.88 Å². The first kappa shape index (κ1) is 24.0. The van der Waals surface area contributed by atoms with Crippen molar-refractivity contribution in [3.8, 4) is 5.88 Å². The average molecular weight is 445 g/mol. The second-order valence-electron chi connectivity index (χ2n) is 7.93. The molecule has 32 heavy (non-hydrogen) atoms. The van der Waals surface area contributed by atoms with E-state index in [0.717, 1.165) is 75.9 Å². The van der Waals surface area contributed by atoms with Crippen LogP contribution in [0, 0.1) is 13.8 Å². The Morgan fingerprint density at radius 1 is 1.16 bits per heavy atom. The van der Waals surface area contributed by atoms with Crippen LogP contribution in [0.1, 0.15) is 43.8 Å². The molecule has 1 aliphatic rings. The predicted molar refractivity (Wildman–Crippen MR) is 127 cm³/mol. The van der Waals surface area contributed by atoms with E-state index in [2.05, 4.69) is 39.2 Å². The maximum Gasteiger partial charge on any atom is 0.219 e. The van der Waals surface area contributed by atoms with Crippen molar-refractivity contribution in [2.24, 2.45) is 5.10 Å². The number of rotatable bonds is 12. The number of hydrazone groups is 1. The number of ether oxygens (including phenoxy) is 2. The normalized spacial score (nSPS) is 14.8. The Bertz CT molecular complexity index is 838. The number of morpholine rings is 1. The van der Waals surface area contributed by atoms with Crippen molar-refractivity contribution in [3.63, 3.8) is 0 Å². The van der Waals surface area contributed by atoms with Gasteiger partial charge in [-0.15, -0.1) is 0 Å². The van der Waals surface area contributed by atoms with Crippen LogP contribution in [0.2, 0.25) is 0 Å². The minimum Gasteiger partial charge on any atom is -0.476 e. The Kier molecular flexibility index (Phi) is 9.30. The second-order valence-corrected chi connectivity index (χ2v) is 7.93. The summed E-state index contributed by atoms with van der Waals surface area (Å²) in [6, 6.07) is 3.84. The molecule has 9 nitrogen and oxygen atoms in total. The summed E-state index contributed by atoms with van der Waals surface area (Å²) in [6.07, 6.45) is 3.68. The molecule has 2 aromatic heterocycles. The molecule has 0 aromatic carbocycles. The van der Waals surface area contributed by atoms with Crippen molar-refractivity contribution in [2.75, 3.05) is 62.9 Å². The second kappa shape index (κ2) is 12.4. The van der Waals surface area contributed by atoms with Crippen LogP contribution in [0.4, 0.5) is 11.7 Å². The van der Waals surface area contributed by atoms with Crippen molar-refractivity contribution in [1.82, 2.24) is 14.9 Å². The van der Waals surface area contributed by atoms with Crippen LogP contribution in [-0.2, 0) is 4.74 Å². The summed E-state index contributed by atoms with van der Waals surface area (Å²) in [5.74, 6) is 3.37. The van der Waals surface area contributed by atoms with Gasteiger partial charge in [-0.1, -0.05) is 13.8 Å². The number of aryl methyl sites for hydroxylation is 2. The predicted octanol–water partition coefficient (Wildman–Crippen LogP) is 3.47. The van der Waals surface area contributed by atoms with E-state index in [1.165, 1.54) is 0 Å². The summed E-state index contributed by atoms with van der Waals surface area (Å²) in [6.45, 7) is 15.0. The first-order valence-corrected chi connectivity index (χ1v) is 11.5. The van der Waals surface area contributed by atoms with Gasteiger partial charge in [0.25, 0.3) is 0 Å². The number of nitrogens with zero attached hydrogens (tertiary/aromatic N) is 5. The van der Waals surface area contributed by atoms with Crippen molar-refractivity contribution in [1.29, 1.82) is 0 Å². The Morgan fingerprint density at radius 2 is 1.91 bits per heavy atom. The van der Waals surface area contributed by atoms with Gasteiger partial charge in [-0.05, 0) is 32.3 Å². The van der Waals surface area contributed by atoms with Gasteiger partial charge in [0.15, 0.2) is 5.82 Å². The third-order valence-electron chi connectivity index (χ3n) is 5.30. The minimum atomic E-state index is 0.494. The lowest BCUT2D eigenvalue weighted by Gasteiger charge is -2.26. The fourth-order valence-corrected chi connectivity index (χ4v) is 3.49. The summed E-state index contributed by atoms with van der Waals surface area (Å²) in [5, 5.41) is 4.26. The Balaban J connectivity index is 1.71. The molecule has 0 unspecified atom stereocenters. The smallest absolute Gasteiger partial charge is 0.219 e. The van der Waals surface area contributed by atoms with Crippen LogP contribution in [-0.4, -0.2) is 73.6 Å². The minimum absolute atomic E-state index is 0.494. The highest BCUT2D eigenvalue weighted by Gasteiger charge is 2.13. The number of nitrogens with one attached hydrogen (secondary N) is 1. The third kappa shape index (κ3) is 7.20. The van der Waals surface area contributed by atoms with Gasteiger partial charge in [-0.25, -0.2) is 10.4 Å². The molecule has 1 N–H and O–H groups in total. The van der Waals surface area contributed by atoms with Crippen molar-refractivity contribution < 1.29 is 13.9 Å². The lowest BCUT2D eigenvalue weighted by atomic mass is 10.3. The molecule has 2 aromatic rings. The highest BCUT2D eigenvalue weighted by molar-refractivity contribution is 5.76. The highest BCUT2D eigenvalue weighted by Crippen LogP contribution is 2.19. The molecule has 176 valence electrons. The van der Waals surface area contributed by atoms with E-state index >= 15 is 0 Å². The van der Waals surface area contributed by atoms with Gasteiger partial charge in [-0.2, -0.15) is 10.1 Å². The van der Waals surface area contributed by atoms with E-state index in [1.807, 2.05) is 26.0 Å². The van der Waals surface area contributed by atoms with Gasteiger partial charge in [0.2, 0.25) is 11.8 Å². The molecular formula is C23H36N6O3. The van der Waals surface area contributed by atoms with Crippen LogP contribution in [0.15, 0.2) is 21.7 Å². The number of hydrogen-bond acceptors (Lipinski definition) is 9. The Labute approximate surface area is 190 Å². The zero-order chi connectivity index (χ0) is 22.8. The zero-order valence-electron chi connectivity index (χ0n) is 19.8. The highest BCUT2D eigenvalue weighted by atomic mass is 16.5. The van der Waals surface area contributed by atoms with E-state index < -0.39 is 0 Å². The molecule has 1 aliphatic heterocycles. The van der Waals surface area contributed by atoms with Gasteiger partial charge < -0.3 is 18.8 Å². The summed E-state index contributed by atoms with van der Waals surface area (Å²) >= 11 is 0. The van der Waals surface area contributed by atoms with E-state index in [-0.39, 0.29) is 0 Å². The zero-order valence-corrected chi connectivity index (χ0v) is 19.8. The van der Waals surface area contributed by atoms with Gasteiger partial charge in [0.1, 0.15) is 18.2 Å². The molecular weight excluding hydrogens is 408 g/mol. The quantitative estimate of drug-likeness (QED) is 0.393. The van der Waals surface area contributed by atoms with Gasteiger partial charge in [0.05, 0.1) is 19.4 Å². The average Bonchev–Trinajstić information content (AvgIpc) is 3.11. The molecule has 3 heterocycles. The van der Waals surface area contributed by atoms with E-state index in [0.29, 0.717) is 24.2 Å². The third-order valence-corrected chi connectivity index (χ3v) is 5.30. The molecule has 1 saturated heterocycles. The van der Waals surface area contributed by atoms with Crippen LogP contribution >= 0.6 is 0 Å². The van der Waals surface area contributed by atoms with Crippen LogP contribution in [0.3, 0.4) is 0 Å². The lowest BCUT2D eigenvalue weighted by Crippen LogP contribution is -2.38. The van der Waals surface area contributed by atoms with Gasteiger partial charge >= 0.3 is 0 Å². The molecule has 1 fully saturated rings. The summed E-state index contributed by atoms with van der Waals surface area (Å²) < 4.78 is 17.0. The number of furan rings is 1. The topological polar surface area (TPSA) is 88.2 Å². The van der Waals surface area contributed by atoms with Crippen molar-refractivity contribution in [3.05, 3.63) is 29.3 Å². The molecule has 9 heteroatoms. The number of hydrogen-bond donors (Lipinski definition) is 1. The van der Waals surface area contributed by atoms with Crippen molar-refractivity contribution >= 4 is 17.9 Å². The molecule has 0 amide bonds. The van der Waals surface area contributed by atoms with E-state index in [9.17, 15) is 0 Å².